The minimum absolute atomic E-state index is 0.0603. The van der Waals surface area contributed by atoms with Crippen molar-refractivity contribution in [3.63, 3.8) is 0 Å². The van der Waals surface area contributed by atoms with Gasteiger partial charge in [0, 0.05) is 24.8 Å². The second kappa shape index (κ2) is 5.36. The van der Waals surface area contributed by atoms with Gasteiger partial charge < -0.3 is 9.09 Å². The highest BCUT2D eigenvalue weighted by atomic mass is 16.5. The number of benzene rings is 1. The zero-order valence-electron chi connectivity index (χ0n) is 11.9. The number of rotatable bonds is 4. The summed E-state index contributed by atoms with van der Waals surface area (Å²) in [7, 11) is 0. The predicted octanol–water partition coefficient (Wildman–Crippen LogP) is 3.10. The Morgan fingerprint density at radius 1 is 1.29 bits per heavy atom. The van der Waals surface area contributed by atoms with E-state index in [1.54, 1.807) is 4.57 Å². The van der Waals surface area contributed by atoms with Crippen molar-refractivity contribution < 1.29 is 9.32 Å². The standard InChI is InChI=1S/C16H15N3O2/c1-11-9-19(16(17-11)12(2)20)10-14-8-15(21-18-14)13-6-4-3-5-7-13/h3-9H,10H2,1-2H3. The van der Waals surface area contributed by atoms with Crippen LogP contribution in [0.2, 0.25) is 0 Å². The van der Waals surface area contributed by atoms with Crippen LogP contribution in [-0.2, 0) is 6.54 Å². The molecule has 0 atom stereocenters. The van der Waals surface area contributed by atoms with Crippen molar-refractivity contribution in [2.45, 2.75) is 20.4 Å². The van der Waals surface area contributed by atoms with Gasteiger partial charge in [0.2, 0.25) is 0 Å². The van der Waals surface area contributed by atoms with E-state index in [2.05, 4.69) is 10.1 Å². The Bertz CT molecular complexity index is 772. The number of imidazole rings is 1. The topological polar surface area (TPSA) is 60.9 Å². The highest BCUT2D eigenvalue weighted by molar-refractivity contribution is 5.90. The van der Waals surface area contributed by atoms with E-state index in [0.717, 1.165) is 17.0 Å². The number of carbonyl (C=O) groups is 1. The van der Waals surface area contributed by atoms with Crippen LogP contribution in [0.3, 0.4) is 0 Å². The van der Waals surface area contributed by atoms with Crippen LogP contribution in [0.15, 0.2) is 47.1 Å². The van der Waals surface area contributed by atoms with Crippen LogP contribution in [-0.4, -0.2) is 20.5 Å². The quantitative estimate of drug-likeness (QED) is 0.689. The maximum Gasteiger partial charge on any atom is 0.195 e. The summed E-state index contributed by atoms with van der Waals surface area (Å²) >= 11 is 0. The minimum atomic E-state index is -0.0603. The molecule has 21 heavy (non-hydrogen) atoms. The monoisotopic (exact) mass is 281 g/mol. The number of aryl methyl sites for hydroxylation is 1. The molecule has 0 aliphatic rings. The summed E-state index contributed by atoms with van der Waals surface area (Å²) in [5, 5.41) is 4.06. The molecule has 0 aliphatic carbocycles. The Hall–Kier alpha value is -2.69. The summed E-state index contributed by atoms with van der Waals surface area (Å²) < 4.78 is 7.16. The van der Waals surface area contributed by atoms with Gasteiger partial charge in [0.05, 0.1) is 12.2 Å². The van der Waals surface area contributed by atoms with E-state index >= 15 is 0 Å². The van der Waals surface area contributed by atoms with Crippen molar-refractivity contribution in [3.8, 4) is 11.3 Å². The maximum atomic E-state index is 11.6. The Kier molecular flexibility index (Phi) is 3.39. The first-order valence-electron chi connectivity index (χ1n) is 6.69. The SMILES string of the molecule is CC(=O)c1nc(C)cn1Cc1cc(-c2ccccc2)on1. The number of hydrogen-bond acceptors (Lipinski definition) is 4. The molecule has 0 N–H and O–H groups in total. The molecule has 0 bridgehead atoms. The first kappa shape index (κ1) is 13.3. The summed E-state index contributed by atoms with van der Waals surface area (Å²) in [6.07, 6.45) is 1.84. The lowest BCUT2D eigenvalue weighted by Gasteiger charge is -2.01. The fourth-order valence-electron chi connectivity index (χ4n) is 2.25. The van der Waals surface area contributed by atoms with Crippen molar-refractivity contribution in [3.05, 3.63) is 59.8 Å². The third-order valence-electron chi connectivity index (χ3n) is 3.16. The van der Waals surface area contributed by atoms with Crippen LogP contribution >= 0.6 is 0 Å². The second-order valence-electron chi connectivity index (χ2n) is 4.94. The smallest absolute Gasteiger partial charge is 0.195 e. The maximum absolute atomic E-state index is 11.6. The predicted molar refractivity (Wildman–Crippen MR) is 78.0 cm³/mol. The molecule has 106 valence electrons. The summed E-state index contributed by atoms with van der Waals surface area (Å²) in [6, 6.07) is 11.7. The van der Waals surface area contributed by atoms with Crippen LogP contribution in [0.5, 0.6) is 0 Å². The zero-order valence-corrected chi connectivity index (χ0v) is 11.9. The molecular weight excluding hydrogens is 266 g/mol. The van der Waals surface area contributed by atoms with Crippen LogP contribution < -0.4 is 0 Å². The molecule has 2 aromatic heterocycles. The van der Waals surface area contributed by atoms with Crippen LogP contribution in [0.1, 0.15) is 28.9 Å². The van der Waals surface area contributed by atoms with E-state index in [4.69, 9.17) is 4.52 Å². The van der Waals surface area contributed by atoms with Gasteiger partial charge in [0.15, 0.2) is 17.4 Å². The summed E-state index contributed by atoms with van der Waals surface area (Å²) in [4.78, 5) is 15.8. The zero-order chi connectivity index (χ0) is 14.8. The largest absolute Gasteiger partial charge is 0.356 e. The first-order chi connectivity index (χ1) is 10.1. The molecule has 0 radical (unpaired) electrons. The lowest BCUT2D eigenvalue weighted by molar-refractivity contribution is 0.1000. The van der Waals surface area contributed by atoms with Gasteiger partial charge in [-0.3, -0.25) is 4.79 Å². The fraction of sp³-hybridized carbons (Fsp3) is 0.188. The molecule has 3 aromatic rings. The van der Waals surface area contributed by atoms with Gasteiger partial charge in [-0.25, -0.2) is 4.98 Å². The second-order valence-corrected chi connectivity index (χ2v) is 4.94. The van der Waals surface area contributed by atoms with Gasteiger partial charge >= 0.3 is 0 Å². The molecule has 0 unspecified atom stereocenters. The van der Waals surface area contributed by atoms with Crippen molar-refractivity contribution in [2.24, 2.45) is 0 Å². The minimum Gasteiger partial charge on any atom is -0.356 e. The number of hydrogen-bond donors (Lipinski definition) is 0. The lowest BCUT2D eigenvalue weighted by atomic mass is 10.1. The molecular formula is C16H15N3O2. The molecule has 0 spiro atoms. The highest BCUT2D eigenvalue weighted by Crippen LogP contribution is 2.20. The van der Waals surface area contributed by atoms with E-state index in [1.165, 1.54) is 6.92 Å². The number of ketones is 1. The molecule has 0 saturated heterocycles. The summed E-state index contributed by atoms with van der Waals surface area (Å²) in [5.41, 5.74) is 2.55. The van der Waals surface area contributed by atoms with Crippen LogP contribution in [0.4, 0.5) is 0 Å². The van der Waals surface area contributed by atoms with Gasteiger partial charge in [-0.2, -0.15) is 0 Å². The van der Waals surface area contributed by atoms with Gasteiger partial charge in [0.25, 0.3) is 0 Å². The van der Waals surface area contributed by atoms with Crippen molar-refractivity contribution in [1.82, 2.24) is 14.7 Å². The van der Waals surface area contributed by atoms with E-state index in [0.29, 0.717) is 18.1 Å². The molecule has 1 aromatic carbocycles. The number of nitrogens with zero attached hydrogens (tertiary/aromatic N) is 3. The van der Waals surface area contributed by atoms with Crippen LogP contribution in [0.25, 0.3) is 11.3 Å². The molecule has 0 fully saturated rings. The Morgan fingerprint density at radius 3 is 2.76 bits per heavy atom. The number of aromatic nitrogens is 3. The Morgan fingerprint density at radius 2 is 2.05 bits per heavy atom. The van der Waals surface area contributed by atoms with Gasteiger partial charge in [-0.15, -0.1) is 0 Å². The average molecular weight is 281 g/mol. The molecule has 3 rings (SSSR count). The normalized spacial score (nSPS) is 10.8. The van der Waals surface area contributed by atoms with E-state index in [1.807, 2.05) is 49.5 Å². The van der Waals surface area contributed by atoms with Crippen molar-refractivity contribution in [2.75, 3.05) is 0 Å². The molecule has 0 saturated carbocycles. The average Bonchev–Trinajstić information content (AvgIpc) is 3.07. The molecule has 5 nitrogen and oxygen atoms in total. The number of carbonyl (C=O) groups excluding carboxylic acids is 1. The molecule has 0 aliphatic heterocycles. The third-order valence-corrected chi connectivity index (χ3v) is 3.16. The molecule has 2 heterocycles. The Labute approximate surface area is 122 Å². The summed E-state index contributed by atoms with van der Waals surface area (Å²) in [6.45, 7) is 3.84. The number of Topliss-reactive ketones (excluding diaryl/α,β-unsaturated/α-hetero) is 1. The third kappa shape index (κ3) is 2.76. The lowest BCUT2D eigenvalue weighted by Crippen LogP contribution is -2.08. The first-order valence-corrected chi connectivity index (χ1v) is 6.69. The van der Waals surface area contributed by atoms with Gasteiger partial charge in [0.1, 0.15) is 5.69 Å². The highest BCUT2D eigenvalue weighted by Gasteiger charge is 2.13. The molecule has 0 amide bonds. The Balaban J connectivity index is 1.87. The summed E-state index contributed by atoms with van der Waals surface area (Å²) in [5.74, 6) is 1.10. The van der Waals surface area contributed by atoms with E-state index < -0.39 is 0 Å². The van der Waals surface area contributed by atoms with Gasteiger partial charge in [-0.1, -0.05) is 35.5 Å². The molecule has 5 heteroatoms. The van der Waals surface area contributed by atoms with Gasteiger partial charge in [-0.05, 0) is 6.92 Å². The van der Waals surface area contributed by atoms with E-state index in [9.17, 15) is 4.79 Å². The fourth-order valence-corrected chi connectivity index (χ4v) is 2.25. The van der Waals surface area contributed by atoms with Crippen LogP contribution in [0, 0.1) is 6.92 Å². The van der Waals surface area contributed by atoms with E-state index in [-0.39, 0.29) is 5.78 Å². The van der Waals surface area contributed by atoms with Crippen molar-refractivity contribution in [1.29, 1.82) is 0 Å². The van der Waals surface area contributed by atoms with Crippen molar-refractivity contribution >= 4 is 5.78 Å².